The van der Waals surface area contributed by atoms with Crippen molar-refractivity contribution in [2.24, 2.45) is 0 Å². The molecule has 1 atom stereocenters. The number of rotatable bonds is 3. The predicted molar refractivity (Wildman–Crippen MR) is 54.0 cm³/mol. The SMILES string of the molecule is CC(=O)CC[C@@H]1OC(C)(C)OC1(C)C. The molecule has 1 heterocycles. The molecule has 0 saturated carbocycles. The van der Waals surface area contributed by atoms with Crippen LogP contribution in [0.25, 0.3) is 0 Å². The third-order valence-corrected chi connectivity index (χ3v) is 2.47. The summed E-state index contributed by atoms with van der Waals surface area (Å²) in [6.07, 6.45) is 1.32. The highest BCUT2D eigenvalue weighted by Crippen LogP contribution is 2.37. The van der Waals surface area contributed by atoms with Crippen molar-refractivity contribution >= 4 is 5.78 Å². The van der Waals surface area contributed by atoms with Crippen molar-refractivity contribution < 1.29 is 14.3 Å². The molecule has 1 aliphatic rings. The van der Waals surface area contributed by atoms with Gasteiger partial charge in [0.2, 0.25) is 0 Å². The predicted octanol–water partition coefficient (Wildman–Crippen LogP) is 2.29. The molecule has 0 amide bonds. The number of Topliss-reactive ketones (excluding diaryl/α,β-unsaturated/α-hetero) is 1. The summed E-state index contributed by atoms with van der Waals surface area (Å²) in [4.78, 5) is 10.9. The van der Waals surface area contributed by atoms with E-state index in [4.69, 9.17) is 9.47 Å². The monoisotopic (exact) mass is 200 g/mol. The van der Waals surface area contributed by atoms with Crippen LogP contribution in [0.1, 0.15) is 47.5 Å². The second-order valence-corrected chi connectivity index (χ2v) is 4.95. The lowest BCUT2D eigenvalue weighted by molar-refractivity contribution is -0.157. The van der Waals surface area contributed by atoms with Crippen LogP contribution in [0.3, 0.4) is 0 Å². The van der Waals surface area contributed by atoms with E-state index in [1.165, 1.54) is 0 Å². The molecular weight excluding hydrogens is 180 g/mol. The average Bonchev–Trinajstić information content (AvgIpc) is 2.14. The van der Waals surface area contributed by atoms with Crippen molar-refractivity contribution in [2.75, 3.05) is 0 Å². The molecule has 14 heavy (non-hydrogen) atoms. The third kappa shape index (κ3) is 2.79. The summed E-state index contributed by atoms with van der Waals surface area (Å²) in [6.45, 7) is 9.43. The Labute approximate surface area is 85.8 Å². The van der Waals surface area contributed by atoms with Crippen molar-refractivity contribution in [3.8, 4) is 0 Å². The molecule has 0 N–H and O–H groups in total. The van der Waals surface area contributed by atoms with Crippen molar-refractivity contribution in [1.29, 1.82) is 0 Å². The fourth-order valence-electron chi connectivity index (χ4n) is 1.95. The highest BCUT2D eigenvalue weighted by molar-refractivity contribution is 5.75. The molecule has 0 aromatic carbocycles. The lowest BCUT2D eigenvalue weighted by atomic mass is 9.97. The normalized spacial score (nSPS) is 29.1. The van der Waals surface area contributed by atoms with Crippen molar-refractivity contribution in [1.82, 2.24) is 0 Å². The van der Waals surface area contributed by atoms with Crippen LogP contribution < -0.4 is 0 Å². The van der Waals surface area contributed by atoms with Crippen LogP contribution in [0, 0.1) is 0 Å². The van der Waals surface area contributed by atoms with Crippen LogP contribution >= 0.6 is 0 Å². The maximum atomic E-state index is 10.9. The molecule has 0 bridgehead atoms. The van der Waals surface area contributed by atoms with Gasteiger partial charge < -0.3 is 14.3 Å². The van der Waals surface area contributed by atoms with Gasteiger partial charge >= 0.3 is 0 Å². The van der Waals surface area contributed by atoms with Gasteiger partial charge in [-0.25, -0.2) is 0 Å². The lowest BCUT2D eigenvalue weighted by Gasteiger charge is -2.23. The molecule has 0 aliphatic carbocycles. The largest absolute Gasteiger partial charge is 0.344 e. The zero-order valence-electron chi connectivity index (χ0n) is 9.72. The summed E-state index contributed by atoms with van der Waals surface area (Å²) in [7, 11) is 0. The fraction of sp³-hybridized carbons (Fsp3) is 0.909. The van der Waals surface area contributed by atoms with E-state index in [9.17, 15) is 4.79 Å². The number of carbonyl (C=O) groups is 1. The molecule has 0 radical (unpaired) electrons. The Kier molecular flexibility index (Phi) is 3.02. The van der Waals surface area contributed by atoms with Gasteiger partial charge in [-0.3, -0.25) is 0 Å². The maximum absolute atomic E-state index is 10.9. The lowest BCUT2D eigenvalue weighted by Crippen LogP contribution is -2.33. The highest BCUT2D eigenvalue weighted by Gasteiger charge is 2.46. The van der Waals surface area contributed by atoms with Crippen LogP contribution in [-0.2, 0) is 14.3 Å². The molecule has 1 saturated heterocycles. The van der Waals surface area contributed by atoms with Gasteiger partial charge in [0, 0.05) is 6.42 Å². The molecule has 1 fully saturated rings. The summed E-state index contributed by atoms with van der Waals surface area (Å²) in [5.41, 5.74) is -0.293. The number of ketones is 1. The first-order chi connectivity index (χ1) is 6.23. The van der Waals surface area contributed by atoms with Crippen LogP contribution in [0.5, 0.6) is 0 Å². The fourth-order valence-corrected chi connectivity index (χ4v) is 1.95. The van der Waals surface area contributed by atoms with Gasteiger partial charge in [0.1, 0.15) is 5.78 Å². The minimum Gasteiger partial charge on any atom is -0.344 e. The molecule has 1 rings (SSSR count). The minimum absolute atomic E-state index is 0.0152. The van der Waals surface area contributed by atoms with E-state index in [1.54, 1.807) is 6.92 Å². The van der Waals surface area contributed by atoms with Gasteiger partial charge in [-0.15, -0.1) is 0 Å². The Balaban J connectivity index is 2.57. The van der Waals surface area contributed by atoms with E-state index in [-0.39, 0.29) is 17.5 Å². The van der Waals surface area contributed by atoms with Gasteiger partial charge in [0.05, 0.1) is 11.7 Å². The Morgan fingerprint density at radius 2 is 1.86 bits per heavy atom. The molecule has 0 aromatic heterocycles. The zero-order chi connectivity index (χ0) is 11.0. The molecule has 0 aromatic rings. The molecule has 0 unspecified atom stereocenters. The van der Waals surface area contributed by atoms with E-state index in [2.05, 4.69) is 0 Å². The van der Waals surface area contributed by atoms with Crippen LogP contribution in [0.15, 0.2) is 0 Å². The highest BCUT2D eigenvalue weighted by atomic mass is 16.8. The number of ether oxygens (including phenoxy) is 2. The van der Waals surface area contributed by atoms with Crippen molar-refractivity contribution in [2.45, 2.75) is 65.0 Å². The van der Waals surface area contributed by atoms with E-state index in [1.807, 2.05) is 27.7 Å². The Morgan fingerprint density at radius 3 is 2.21 bits per heavy atom. The molecule has 0 spiro atoms. The summed E-state index contributed by atoms with van der Waals surface area (Å²) in [5, 5.41) is 0. The number of carbonyl (C=O) groups excluding carboxylic acids is 1. The summed E-state index contributed by atoms with van der Waals surface area (Å²) in [6, 6.07) is 0. The van der Waals surface area contributed by atoms with Crippen molar-refractivity contribution in [3.05, 3.63) is 0 Å². The minimum atomic E-state index is -0.523. The van der Waals surface area contributed by atoms with Crippen LogP contribution in [-0.4, -0.2) is 23.3 Å². The molecular formula is C11H20O3. The Hall–Kier alpha value is -0.410. The smallest absolute Gasteiger partial charge is 0.164 e. The summed E-state index contributed by atoms with van der Waals surface area (Å²) < 4.78 is 11.5. The quantitative estimate of drug-likeness (QED) is 0.701. The Bertz CT molecular complexity index is 231. The van der Waals surface area contributed by atoms with Gasteiger partial charge in [0.15, 0.2) is 5.79 Å². The van der Waals surface area contributed by atoms with Gasteiger partial charge in [0.25, 0.3) is 0 Å². The van der Waals surface area contributed by atoms with Crippen LogP contribution in [0.2, 0.25) is 0 Å². The second kappa shape index (κ2) is 3.63. The molecule has 3 nitrogen and oxygen atoms in total. The number of hydrogen-bond donors (Lipinski definition) is 0. The zero-order valence-corrected chi connectivity index (χ0v) is 9.72. The first-order valence-electron chi connectivity index (χ1n) is 5.10. The van der Waals surface area contributed by atoms with Gasteiger partial charge in [-0.2, -0.15) is 0 Å². The van der Waals surface area contributed by atoms with E-state index in [0.29, 0.717) is 6.42 Å². The van der Waals surface area contributed by atoms with E-state index >= 15 is 0 Å². The molecule has 3 heteroatoms. The average molecular weight is 200 g/mol. The van der Waals surface area contributed by atoms with Gasteiger partial charge in [-0.05, 0) is 41.0 Å². The first kappa shape index (κ1) is 11.7. The van der Waals surface area contributed by atoms with E-state index in [0.717, 1.165) is 6.42 Å². The number of hydrogen-bond acceptors (Lipinski definition) is 3. The Morgan fingerprint density at radius 1 is 1.29 bits per heavy atom. The van der Waals surface area contributed by atoms with Crippen LogP contribution in [0.4, 0.5) is 0 Å². The molecule has 1 aliphatic heterocycles. The van der Waals surface area contributed by atoms with E-state index < -0.39 is 5.79 Å². The second-order valence-electron chi connectivity index (χ2n) is 4.95. The standard InChI is InChI=1S/C11H20O3/c1-8(12)6-7-9-10(2,3)14-11(4,5)13-9/h9H,6-7H2,1-5H3/t9-/m0/s1. The first-order valence-corrected chi connectivity index (χ1v) is 5.10. The topological polar surface area (TPSA) is 35.5 Å². The van der Waals surface area contributed by atoms with Gasteiger partial charge in [-0.1, -0.05) is 0 Å². The summed E-state index contributed by atoms with van der Waals surface area (Å²) in [5.74, 6) is -0.320. The molecule has 82 valence electrons. The maximum Gasteiger partial charge on any atom is 0.164 e. The summed E-state index contributed by atoms with van der Waals surface area (Å²) >= 11 is 0. The third-order valence-electron chi connectivity index (χ3n) is 2.47. The van der Waals surface area contributed by atoms with Crippen molar-refractivity contribution in [3.63, 3.8) is 0 Å².